The first-order valence-electron chi connectivity index (χ1n) is 6.00. The van der Waals surface area contributed by atoms with E-state index in [1.807, 2.05) is 0 Å². The molecule has 7 nitrogen and oxygen atoms in total. The van der Waals surface area contributed by atoms with Crippen LogP contribution in [0.5, 0.6) is 0 Å². The highest BCUT2D eigenvalue weighted by atomic mass is 32.2. The summed E-state index contributed by atoms with van der Waals surface area (Å²) in [6.07, 6.45) is 2.87. The standard InChI is InChI=1S/C13H13N3O4S/c1-9-6-12(7-13(10(9)2)16(17)18)21(19,20)15-11-4-3-5-14-8-11/h3-8,15H,1-2H3. The van der Waals surface area contributed by atoms with Gasteiger partial charge in [0.1, 0.15) is 0 Å². The molecule has 0 atom stereocenters. The molecule has 2 rings (SSSR count). The van der Waals surface area contributed by atoms with Crippen LogP contribution in [0.4, 0.5) is 11.4 Å². The van der Waals surface area contributed by atoms with E-state index in [1.54, 1.807) is 26.0 Å². The first-order valence-corrected chi connectivity index (χ1v) is 7.48. The number of nitro groups is 1. The fourth-order valence-corrected chi connectivity index (χ4v) is 2.94. The third kappa shape index (κ3) is 3.16. The van der Waals surface area contributed by atoms with Crippen LogP contribution in [0.3, 0.4) is 0 Å². The number of nitrogens with one attached hydrogen (secondary N) is 1. The summed E-state index contributed by atoms with van der Waals surface area (Å²) in [5.74, 6) is 0. The van der Waals surface area contributed by atoms with E-state index in [0.29, 0.717) is 16.8 Å². The quantitative estimate of drug-likeness (QED) is 0.690. The number of hydrogen-bond acceptors (Lipinski definition) is 5. The van der Waals surface area contributed by atoms with Gasteiger partial charge < -0.3 is 0 Å². The second kappa shape index (κ2) is 5.49. The van der Waals surface area contributed by atoms with E-state index in [0.717, 1.165) is 6.07 Å². The number of aryl methyl sites for hydroxylation is 1. The first-order chi connectivity index (χ1) is 9.81. The minimum absolute atomic E-state index is 0.152. The van der Waals surface area contributed by atoms with Crippen molar-refractivity contribution >= 4 is 21.4 Å². The molecular weight excluding hydrogens is 294 g/mol. The molecule has 110 valence electrons. The van der Waals surface area contributed by atoms with Crippen molar-refractivity contribution < 1.29 is 13.3 Å². The molecule has 1 aromatic carbocycles. The van der Waals surface area contributed by atoms with Crippen LogP contribution in [-0.4, -0.2) is 18.3 Å². The van der Waals surface area contributed by atoms with E-state index in [1.165, 1.54) is 18.5 Å². The second-order valence-electron chi connectivity index (χ2n) is 4.49. The molecule has 0 saturated carbocycles. The number of nitro benzene ring substituents is 1. The van der Waals surface area contributed by atoms with E-state index in [9.17, 15) is 18.5 Å². The molecule has 0 aliphatic carbocycles. The van der Waals surface area contributed by atoms with E-state index in [4.69, 9.17) is 0 Å². The maximum atomic E-state index is 12.3. The lowest BCUT2D eigenvalue weighted by Gasteiger charge is -2.10. The van der Waals surface area contributed by atoms with Gasteiger partial charge in [-0.1, -0.05) is 0 Å². The Balaban J connectivity index is 2.48. The van der Waals surface area contributed by atoms with Crippen molar-refractivity contribution in [2.75, 3.05) is 4.72 Å². The summed E-state index contributed by atoms with van der Waals surface area (Å²) >= 11 is 0. The number of hydrogen-bond donors (Lipinski definition) is 1. The van der Waals surface area contributed by atoms with Crippen LogP contribution in [0.1, 0.15) is 11.1 Å². The third-order valence-electron chi connectivity index (χ3n) is 3.03. The summed E-state index contributed by atoms with van der Waals surface area (Å²) in [7, 11) is -3.90. The number of rotatable bonds is 4. The highest BCUT2D eigenvalue weighted by molar-refractivity contribution is 7.92. The zero-order valence-corrected chi connectivity index (χ0v) is 12.2. The van der Waals surface area contributed by atoms with Crippen LogP contribution in [0.2, 0.25) is 0 Å². The summed E-state index contributed by atoms with van der Waals surface area (Å²) in [6, 6.07) is 5.59. The molecule has 2 aromatic rings. The van der Waals surface area contributed by atoms with Crippen LogP contribution in [0.15, 0.2) is 41.6 Å². The Morgan fingerprint density at radius 3 is 2.57 bits per heavy atom. The van der Waals surface area contributed by atoms with Gasteiger partial charge in [-0.3, -0.25) is 19.8 Å². The highest BCUT2D eigenvalue weighted by Gasteiger charge is 2.21. The first kappa shape index (κ1) is 14.9. The van der Waals surface area contributed by atoms with Crippen molar-refractivity contribution in [3.63, 3.8) is 0 Å². The SMILES string of the molecule is Cc1cc(S(=O)(=O)Nc2cccnc2)cc([N+](=O)[O-])c1C. The molecule has 0 aliphatic heterocycles. The fraction of sp³-hybridized carbons (Fsp3) is 0.154. The summed E-state index contributed by atoms with van der Waals surface area (Å²) in [5, 5.41) is 11.0. The summed E-state index contributed by atoms with van der Waals surface area (Å²) < 4.78 is 26.9. The Hall–Kier alpha value is -2.48. The number of anilines is 1. The monoisotopic (exact) mass is 307 g/mol. The average Bonchev–Trinajstić information content (AvgIpc) is 2.41. The molecule has 1 aromatic heterocycles. The minimum atomic E-state index is -3.90. The molecule has 0 unspecified atom stereocenters. The third-order valence-corrected chi connectivity index (χ3v) is 4.39. The van der Waals surface area contributed by atoms with Crippen molar-refractivity contribution in [2.24, 2.45) is 0 Å². The van der Waals surface area contributed by atoms with Gasteiger partial charge in [0.15, 0.2) is 0 Å². The summed E-state index contributed by atoms with van der Waals surface area (Å²) in [6.45, 7) is 3.21. The average molecular weight is 307 g/mol. The Morgan fingerprint density at radius 1 is 1.29 bits per heavy atom. The number of nitrogens with zero attached hydrogens (tertiary/aromatic N) is 2. The number of pyridine rings is 1. The van der Waals surface area contributed by atoms with Crippen molar-refractivity contribution in [3.05, 3.63) is 57.9 Å². The number of aromatic nitrogens is 1. The topological polar surface area (TPSA) is 102 Å². The van der Waals surface area contributed by atoms with Crippen LogP contribution in [0, 0.1) is 24.0 Å². The lowest BCUT2D eigenvalue weighted by molar-refractivity contribution is -0.385. The largest absolute Gasteiger partial charge is 0.278 e. The van der Waals surface area contributed by atoms with Crippen molar-refractivity contribution in [1.82, 2.24) is 4.98 Å². The summed E-state index contributed by atoms with van der Waals surface area (Å²) in [5.41, 5.74) is 1.05. The normalized spacial score (nSPS) is 11.1. The molecule has 0 spiro atoms. The Labute approximate surface area is 121 Å². The van der Waals surface area contributed by atoms with Gasteiger partial charge in [-0.25, -0.2) is 8.42 Å². The Bertz CT molecular complexity index is 789. The maximum absolute atomic E-state index is 12.3. The van der Waals surface area contributed by atoms with E-state index >= 15 is 0 Å². The van der Waals surface area contributed by atoms with Crippen LogP contribution < -0.4 is 4.72 Å². The minimum Gasteiger partial charge on any atom is -0.278 e. The van der Waals surface area contributed by atoms with Gasteiger partial charge in [-0.2, -0.15) is 0 Å². The maximum Gasteiger partial charge on any atom is 0.273 e. The van der Waals surface area contributed by atoms with Gasteiger partial charge >= 0.3 is 0 Å². The second-order valence-corrected chi connectivity index (χ2v) is 6.17. The Morgan fingerprint density at radius 2 is 2.00 bits per heavy atom. The zero-order chi connectivity index (χ0) is 15.6. The molecule has 0 bridgehead atoms. The van der Waals surface area contributed by atoms with Gasteiger partial charge in [-0.05, 0) is 37.6 Å². The fourth-order valence-electron chi connectivity index (χ4n) is 1.79. The van der Waals surface area contributed by atoms with Crippen molar-refractivity contribution in [3.8, 4) is 0 Å². The summed E-state index contributed by atoms with van der Waals surface area (Å²) in [4.78, 5) is 14.1. The van der Waals surface area contributed by atoms with Gasteiger partial charge in [0.05, 0.1) is 21.7 Å². The van der Waals surface area contributed by atoms with Crippen LogP contribution in [0.25, 0.3) is 0 Å². The molecule has 8 heteroatoms. The van der Waals surface area contributed by atoms with Crippen LogP contribution in [-0.2, 0) is 10.0 Å². The molecule has 0 fully saturated rings. The molecular formula is C13H13N3O4S. The van der Waals surface area contributed by atoms with Gasteiger partial charge in [0.25, 0.3) is 15.7 Å². The van der Waals surface area contributed by atoms with Crippen LogP contribution >= 0.6 is 0 Å². The molecule has 1 heterocycles. The predicted octanol–water partition coefficient (Wildman–Crippen LogP) is 2.41. The van der Waals surface area contributed by atoms with Crippen molar-refractivity contribution in [2.45, 2.75) is 18.7 Å². The molecule has 0 radical (unpaired) electrons. The van der Waals surface area contributed by atoms with Gasteiger partial charge in [0.2, 0.25) is 0 Å². The predicted molar refractivity (Wildman–Crippen MR) is 77.6 cm³/mol. The highest BCUT2D eigenvalue weighted by Crippen LogP contribution is 2.26. The molecule has 0 aliphatic rings. The number of sulfonamides is 1. The van der Waals surface area contributed by atoms with E-state index in [-0.39, 0.29) is 10.6 Å². The molecule has 21 heavy (non-hydrogen) atoms. The zero-order valence-electron chi connectivity index (χ0n) is 11.4. The van der Waals surface area contributed by atoms with E-state index in [2.05, 4.69) is 9.71 Å². The van der Waals surface area contributed by atoms with Crippen molar-refractivity contribution in [1.29, 1.82) is 0 Å². The lowest BCUT2D eigenvalue weighted by atomic mass is 10.1. The van der Waals surface area contributed by atoms with Gasteiger partial charge in [-0.15, -0.1) is 0 Å². The lowest BCUT2D eigenvalue weighted by Crippen LogP contribution is -2.14. The molecule has 1 N–H and O–H groups in total. The Kier molecular flexibility index (Phi) is 3.90. The number of benzene rings is 1. The van der Waals surface area contributed by atoms with Gasteiger partial charge in [0, 0.05) is 17.8 Å². The van der Waals surface area contributed by atoms with E-state index < -0.39 is 14.9 Å². The molecule has 0 amide bonds. The smallest absolute Gasteiger partial charge is 0.273 e. The molecule has 0 saturated heterocycles.